The maximum atomic E-state index is 12.3. The summed E-state index contributed by atoms with van der Waals surface area (Å²) in [4.78, 5) is 32.9. The van der Waals surface area contributed by atoms with Crippen molar-refractivity contribution in [2.45, 2.75) is 39.0 Å². The van der Waals surface area contributed by atoms with Gasteiger partial charge in [0.1, 0.15) is 11.4 Å². The molecule has 30 heavy (non-hydrogen) atoms. The first-order chi connectivity index (χ1) is 14.2. The van der Waals surface area contributed by atoms with Crippen LogP contribution in [0.5, 0.6) is 5.75 Å². The van der Waals surface area contributed by atoms with E-state index in [1.807, 2.05) is 45.0 Å². The van der Waals surface area contributed by atoms with Crippen LogP contribution in [0.4, 0.5) is 4.79 Å². The number of hydrogen-bond donors (Lipinski definition) is 2. The van der Waals surface area contributed by atoms with Crippen LogP contribution in [0.15, 0.2) is 29.3 Å². The Kier molecular flexibility index (Phi) is 6.69. The summed E-state index contributed by atoms with van der Waals surface area (Å²) in [6.07, 6.45) is -0.290. The van der Waals surface area contributed by atoms with E-state index in [2.05, 4.69) is 20.5 Å². The maximum Gasteiger partial charge on any atom is 0.410 e. The van der Waals surface area contributed by atoms with Crippen molar-refractivity contribution in [2.75, 3.05) is 39.8 Å². The van der Waals surface area contributed by atoms with E-state index in [4.69, 9.17) is 9.47 Å². The Balaban J connectivity index is 1.41. The van der Waals surface area contributed by atoms with Gasteiger partial charge in [-0.2, -0.15) is 0 Å². The molecule has 2 aliphatic rings. The smallest absolute Gasteiger partial charge is 0.410 e. The molecular weight excluding hydrogens is 386 g/mol. The Morgan fingerprint density at radius 3 is 2.60 bits per heavy atom. The molecule has 2 heterocycles. The average Bonchev–Trinajstić information content (AvgIpc) is 3.12. The number of rotatable bonds is 5. The van der Waals surface area contributed by atoms with E-state index >= 15 is 0 Å². The highest BCUT2D eigenvalue weighted by atomic mass is 16.6. The van der Waals surface area contributed by atoms with Crippen LogP contribution in [0.25, 0.3) is 0 Å². The highest BCUT2D eigenvalue weighted by molar-refractivity contribution is 5.87. The predicted molar refractivity (Wildman–Crippen MR) is 113 cm³/mol. The molecule has 9 heteroatoms. The van der Waals surface area contributed by atoms with Crippen molar-refractivity contribution >= 4 is 18.0 Å². The molecule has 2 amide bonds. The minimum absolute atomic E-state index is 0.107. The van der Waals surface area contributed by atoms with Crippen LogP contribution >= 0.6 is 0 Å². The van der Waals surface area contributed by atoms with E-state index < -0.39 is 5.60 Å². The summed E-state index contributed by atoms with van der Waals surface area (Å²) < 4.78 is 10.6. The first-order valence-electron chi connectivity index (χ1n) is 10.2. The fourth-order valence-corrected chi connectivity index (χ4v) is 3.39. The van der Waals surface area contributed by atoms with E-state index in [1.165, 1.54) is 0 Å². The number of fused-ring (bicyclic) bond motifs is 1. The third kappa shape index (κ3) is 5.77. The number of amides is 2. The molecule has 0 aliphatic carbocycles. The number of carbonyl (C=O) groups excluding carboxylic acids is 2. The highest BCUT2D eigenvalue weighted by Gasteiger charge is 2.36. The van der Waals surface area contributed by atoms with Crippen LogP contribution in [-0.2, 0) is 16.1 Å². The van der Waals surface area contributed by atoms with Crippen LogP contribution in [-0.4, -0.2) is 79.2 Å². The quantitative estimate of drug-likeness (QED) is 0.747. The van der Waals surface area contributed by atoms with Gasteiger partial charge in [0.05, 0.1) is 26.2 Å². The van der Waals surface area contributed by atoms with E-state index in [0.29, 0.717) is 38.7 Å². The number of hydrogen-bond acceptors (Lipinski definition) is 7. The van der Waals surface area contributed by atoms with Crippen LogP contribution in [0.3, 0.4) is 0 Å². The summed E-state index contributed by atoms with van der Waals surface area (Å²) in [6, 6.07) is 7.68. The van der Waals surface area contributed by atoms with Crippen molar-refractivity contribution in [1.82, 2.24) is 20.4 Å². The minimum atomic E-state index is -0.508. The lowest BCUT2D eigenvalue weighted by Gasteiger charge is -2.39. The van der Waals surface area contributed by atoms with Crippen molar-refractivity contribution in [3.8, 4) is 5.75 Å². The highest BCUT2D eigenvalue weighted by Crippen LogP contribution is 2.18. The largest absolute Gasteiger partial charge is 0.497 e. The van der Waals surface area contributed by atoms with Gasteiger partial charge >= 0.3 is 6.09 Å². The van der Waals surface area contributed by atoms with E-state index in [-0.39, 0.29) is 24.6 Å². The van der Waals surface area contributed by atoms with Gasteiger partial charge in [-0.1, -0.05) is 12.1 Å². The molecule has 1 unspecified atom stereocenters. The number of piperazine rings is 1. The van der Waals surface area contributed by atoms with Crippen molar-refractivity contribution < 1.29 is 19.1 Å². The number of methoxy groups -OCH3 is 1. The third-order valence-electron chi connectivity index (χ3n) is 4.91. The summed E-state index contributed by atoms with van der Waals surface area (Å²) in [5.41, 5.74) is 0.493. The molecule has 1 saturated heterocycles. The number of guanidine groups is 1. The number of benzene rings is 1. The minimum Gasteiger partial charge on any atom is -0.497 e. The lowest BCUT2D eigenvalue weighted by atomic mass is 10.2. The molecule has 1 atom stereocenters. The van der Waals surface area contributed by atoms with Crippen molar-refractivity contribution in [3.63, 3.8) is 0 Å². The zero-order valence-corrected chi connectivity index (χ0v) is 18.1. The van der Waals surface area contributed by atoms with Crippen molar-refractivity contribution in [2.24, 2.45) is 4.99 Å². The summed E-state index contributed by atoms with van der Waals surface area (Å²) in [5.74, 6) is 1.39. The molecule has 1 aromatic carbocycles. The topological polar surface area (TPSA) is 95.5 Å². The monoisotopic (exact) mass is 417 g/mol. The molecule has 0 spiro atoms. The number of carbonyl (C=O) groups is 2. The second-order valence-corrected chi connectivity index (χ2v) is 8.42. The average molecular weight is 418 g/mol. The molecular formula is C21H31N5O4. The van der Waals surface area contributed by atoms with E-state index in [0.717, 1.165) is 11.3 Å². The first kappa shape index (κ1) is 21.7. The van der Waals surface area contributed by atoms with Crippen molar-refractivity contribution in [1.29, 1.82) is 0 Å². The number of nitrogens with one attached hydrogen (secondary N) is 2. The Morgan fingerprint density at radius 1 is 1.20 bits per heavy atom. The molecule has 1 aromatic rings. The normalized spacial score (nSPS) is 18.4. The molecule has 164 valence electrons. The van der Waals surface area contributed by atoms with Gasteiger partial charge < -0.3 is 29.9 Å². The summed E-state index contributed by atoms with van der Waals surface area (Å²) in [5, 5.41) is 6.02. The number of nitrogens with zero attached hydrogens (tertiary/aromatic N) is 3. The zero-order valence-electron chi connectivity index (χ0n) is 18.1. The Hall–Kier alpha value is -2.97. The second kappa shape index (κ2) is 9.23. The molecule has 9 nitrogen and oxygen atoms in total. The summed E-state index contributed by atoms with van der Waals surface area (Å²) in [7, 11) is 1.62. The molecule has 0 radical (unpaired) electrons. The van der Waals surface area contributed by atoms with E-state index in [1.54, 1.807) is 12.0 Å². The van der Waals surface area contributed by atoms with Gasteiger partial charge in [0.15, 0.2) is 5.96 Å². The van der Waals surface area contributed by atoms with Gasteiger partial charge in [-0.25, -0.2) is 4.79 Å². The van der Waals surface area contributed by atoms with Gasteiger partial charge in [0, 0.05) is 26.2 Å². The molecule has 0 bridgehead atoms. The maximum absolute atomic E-state index is 12.3. The van der Waals surface area contributed by atoms with Gasteiger partial charge in [0.25, 0.3) is 0 Å². The zero-order chi connectivity index (χ0) is 21.7. The van der Waals surface area contributed by atoms with E-state index in [9.17, 15) is 9.59 Å². The first-order valence-corrected chi connectivity index (χ1v) is 10.2. The molecule has 1 fully saturated rings. The van der Waals surface area contributed by atoms with Crippen LogP contribution in [0.1, 0.15) is 26.3 Å². The standard InChI is InChI=1S/C21H31N5O4/c1-21(2,3)30-20(28)25-9-10-26-16(14-25)12-23-19(26)24-13-18(27)22-11-15-5-7-17(29-4)8-6-15/h5-8,16H,9-14H2,1-4H3,(H,22,27)(H,23,24). The second-order valence-electron chi connectivity index (χ2n) is 8.42. The number of aliphatic imine (C=N–C) groups is 1. The molecule has 0 saturated carbocycles. The summed E-state index contributed by atoms with van der Waals surface area (Å²) >= 11 is 0. The van der Waals surface area contributed by atoms with Crippen LogP contribution in [0, 0.1) is 0 Å². The van der Waals surface area contributed by atoms with Gasteiger partial charge in [-0.3, -0.25) is 9.79 Å². The lowest BCUT2D eigenvalue weighted by molar-refractivity contribution is -0.120. The van der Waals surface area contributed by atoms with Gasteiger partial charge in [-0.15, -0.1) is 0 Å². The fraction of sp³-hybridized carbons (Fsp3) is 0.571. The molecule has 2 aliphatic heterocycles. The predicted octanol–water partition coefficient (Wildman–Crippen LogP) is 1.19. The van der Waals surface area contributed by atoms with Crippen LogP contribution in [0.2, 0.25) is 0 Å². The molecule has 0 aromatic heterocycles. The number of ether oxygens (including phenoxy) is 2. The summed E-state index contributed by atoms with van der Waals surface area (Å²) in [6.45, 7) is 8.56. The Morgan fingerprint density at radius 2 is 1.93 bits per heavy atom. The van der Waals surface area contributed by atoms with Crippen LogP contribution < -0.4 is 15.4 Å². The third-order valence-corrected chi connectivity index (χ3v) is 4.91. The fourth-order valence-electron chi connectivity index (χ4n) is 3.39. The van der Waals surface area contributed by atoms with Gasteiger partial charge in [-0.05, 0) is 38.5 Å². The molecule has 2 N–H and O–H groups in total. The van der Waals surface area contributed by atoms with Crippen molar-refractivity contribution in [3.05, 3.63) is 29.8 Å². The Bertz CT molecular complexity index is 788. The lowest BCUT2D eigenvalue weighted by Crippen LogP contribution is -2.58. The SMILES string of the molecule is COc1ccc(CNC(=O)CNC2=NCC3CN(C(=O)OC(C)(C)C)CCN23)cc1. The van der Waals surface area contributed by atoms with Gasteiger partial charge in [0.2, 0.25) is 5.91 Å². The molecule has 3 rings (SSSR count). The Labute approximate surface area is 177 Å².